The highest BCUT2D eigenvalue weighted by Gasteiger charge is 2.45. The zero-order chi connectivity index (χ0) is 21.2. The number of aromatic amines is 1. The van der Waals surface area contributed by atoms with E-state index in [0.717, 1.165) is 29.9 Å². The Morgan fingerprint density at radius 2 is 1.97 bits per heavy atom. The number of nitrogens with one attached hydrogen (secondary N) is 2. The Kier molecular flexibility index (Phi) is 5.96. The second-order valence-corrected chi connectivity index (χ2v) is 8.23. The highest BCUT2D eigenvalue weighted by Crippen LogP contribution is 2.38. The highest BCUT2D eigenvalue weighted by atomic mass is 16.5. The lowest BCUT2D eigenvalue weighted by molar-refractivity contribution is -0.138. The van der Waals surface area contributed by atoms with Gasteiger partial charge in [-0.1, -0.05) is 43.7 Å². The summed E-state index contributed by atoms with van der Waals surface area (Å²) >= 11 is 0. The third-order valence-corrected chi connectivity index (χ3v) is 5.73. The number of rotatable bonds is 5. The molecular weight excluding hydrogens is 368 g/mol. The van der Waals surface area contributed by atoms with Gasteiger partial charge in [0.15, 0.2) is 0 Å². The Bertz CT molecular complexity index is 874. The van der Waals surface area contributed by atoms with Gasteiger partial charge in [-0.25, -0.2) is 9.78 Å². The first-order valence-corrected chi connectivity index (χ1v) is 10.0. The summed E-state index contributed by atoms with van der Waals surface area (Å²) < 4.78 is 4.70. The number of carbonyl (C=O) groups is 2. The number of methoxy groups -OCH3 is 1. The molecule has 0 aliphatic carbocycles. The number of imidazole rings is 1. The molecule has 2 heterocycles. The Labute approximate surface area is 171 Å². The SMILES string of the molecule is COC(=O)N[C@H](C(=O)N1CCC[C@@]1(C)c1nc(-c2ccc(C)cc2)c[nH]1)C(C)C. The van der Waals surface area contributed by atoms with Crippen LogP contribution in [-0.2, 0) is 15.1 Å². The maximum absolute atomic E-state index is 13.4. The van der Waals surface area contributed by atoms with E-state index in [2.05, 4.69) is 29.4 Å². The van der Waals surface area contributed by atoms with Gasteiger partial charge in [0, 0.05) is 18.3 Å². The summed E-state index contributed by atoms with van der Waals surface area (Å²) in [5, 5.41) is 2.69. The summed E-state index contributed by atoms with van der Waals surface area (Å²) in [6.07, 6.45) is 2.98. The van der Waals surface area contributed by atoms with Crippen LogP contribution in [0.15, 0.2) is 30.5 Å². The maximum atomic E-state index is 13.4. The van der Waals surface area contributed by atoms with Gasteiger partial charge in [0.05, 0.1) is 18.3 Å². The summed E-state index contributed by atoms with van der Waals surface area (Å²) in [6, 6.07) is 7.56. The van der Waals surface area contributed by atoms with E-state index in [4.69, 9.17) is 9.72 Å². The van der Waals surface area contributed by atoms with Gasteiger partial charge in [-0.05, 0) is 32.6 Å². The number of amides is 2. The van der Waals surface area contributed by atoms with E-state index in [1.807, 2.05) is 44.0 Å². The molecule has 1 fully saturated rings. The number of hydrogen-bond acceptors (Lipinski definition) is 4. The van der Waals surface area contributed by atoms with Crippen LogP contribution in [0.1, 0.15) is 45.0 Å². The van der Waals surface area contributed by atoms with Crippen LogP contribution in [0.2, 0.25) is 0 Å². The fraction of sp³-hybridized carbons (Fsp3) is 0.500. The highest BCUT2D eigenvalue weighted by molar-refractivity contribution is 5.86. The van der Waals surface area contributed by atoms with Crippen molar-refractivity contribution in [3.05, 3.63) is 41.9 Å². The minimum atomic E-state index is -0.647. The summed E-state index contributed by atoms with van der Waals surface area (Å²) in [4.78, 5) is 35.0. The summed E-state index contributed by atoms with van der Waals surface area (Å²) in [6.45, 7) is 8.53. The Morgan fingerprint density at radius 1 is 1.28 bits per heavy atom. The molecule has 0 unspecified atom stereocenters. The third-order valence-electron chi connectivity index (χ3n) is 5.73. The van der Waals surface area contributed by atoms with Gasteiger partial charge < -0.3 is 19.9 Å². The van der Waals surface area contributed by atoms with Gasteiger partial charge >= 0.3 is 6.09 Å². The number of H-pyrrole nitrogens is 1. The van der Waals surface area contributed by atoms with Crippen molar-refractivity contribution in [2.75, 3.05) is 13.7 Å². The Morgan fingerprint density at radius 3 is 2.59 bits per heavy atom. The molecule has 29 heavy (non-hydrogen) atoms. The second kappa shape index (κ2) is 8.27. The molecule has 0 spiro atoms. The summed E-state index contributed by atoms with van der Waals surface area (Å²) in [7, 11) is 1.30. The van der Waals surface area contributed by atoms with Crippen LogP contribution >= 0.6 is 0 Å². The molecule has 1 aromatic heterocycles. The third kappa shape index (κ3) is 4.13. The van der Waals surface area contributed by atoms with Crippen LogP contribution in [0.4, 0.5) is 4.79 Å². The Hall–Kier alpha value is -2.83. The number of aromatic nitrogens is 2. The van der Waals surface area contributed by atoms with Crippen molar-refractivity contribution in [2.45, 2.75) is 52.1 Å². The first kappa shape index (κ1) is 20.9. The number of carbonyl (C=O) groups excluding carboxylic acids is 2. The lowest BCUT2D eigenvalue weighted by atomic mass is 9.95. The molecule has 2 N–H and O–H groups in total. The number of nitrogens with zero attached hydrogens (tertiary/aromatic N) is 2. The molecule has 7 nitrogen and oxygen atoms in total. The van der Waals surface area contributed by atoms with Crippen molar-refractivity contribution in [1.82, 2.24) is 20.2 Å². The van der Waals surface area contributed by atoms with Crippen molar-refractivity contribution in [2.24, 2.45) is 5.92 Å². The Balaban J connectivity index is 1.87. The summed E-state index contributed by atoms with van der Waals surface area (Å²) in [5.74, 6) is 0.587. The predicted octanol–water partition coefficient (Wildman–Crippen LogP) is 3.60. The maximum Gasteiger partial charge on any atom is 0.407 e. The first-order chi connectivity index (χ1) is 13.8. The van der Waals surface area contributed by atoms with Gasteiger partial charge in [-0.15, -0.1) is 0 Å². The zero-order valence-corrected chi connectivity index (χ0v) is 17.8. The monoisotopic (exact) mass is 398 g/mol. The normalized spacial score (nSPS) is 20.0. The summed E-state index contributed by atoms with van der Waals surface area (Å²) in [5.41, 5.74) is 2.53. The molecule has 2 atom stereocenters. The lowest BCUT2D eigenvalue weighted by Crippen LogP contribution is -2.55. The zero-order valence-electron chi connectivity index (χ0n) is 17.8. The second-order valence-electron chi connectivity index (χ2n) is 8.23. The van der Waals surface area contributed by atoms with Crippen molar-refractivity contribution in [3.63, 3.8) is 0 Å². The van der Waals surface area contributed by atoms with Crippen LogP contribution in [0, 0.1) is 12.8 Å². The van der Waals surface area contributed by atoms with Crippen molar-refractivity contribution in [1.29, 1.82) is 0 Å². The first-order valence-electron chi connectivity index (χ1n) is 10.0. The smallest absolute Gasteiger partial charge is 0.407 e. The molecule has 156 valence electrons. The van der Waals surface area contributed by atoms with E-state index in [1.54, 1.807) is 0 Å². The minimum Gasteiger partial charge on any atom is -0.453 e. The standard InChI is InChI=1S/C22H30N4O3/c1-14(2)18(25-21(28)29-5)19(27)26-12-6-11-22(26,4)20-23-13-17(24-20)16-9-7-15(3)8-10-16/h7-10,13-14,18H,6,11-12H2,1-5H3,(H,23,24)(H,25,28)/t18-,22-/m0/s1. The average molecular weight is 399 g/mol. The number of likely N-dealkylation sites (tertiary alicyclic amines) is 1. The van der Waals surface area contributed by atoms with Gasteiger partial charge in [0.25, 0.3) is 0 Å². The minimum absolute atomic E-state index is 0.0637. The molecule has 1 aliphatic rings. The fourth-order valence-electron chi connectivity index (χ4n) is 3.90. The van der Waals surface area contributed by atoms with Gasteiger partial charge in [0.2, 0.25) is 5.91 Å². The lowest BCUT2D eigenvalue weighted by Gasteiger charge is -2.37. The van der Waals surface area contributed by atoms with Crippen molar-refractivity contribution in [3.8, 4) is 11.3 Å². The molecule has 2 aromatic rings. The van der Waals surface area contributed by atoms with Crippen LogP contribution in [0.3, 0.4) is 0 Å². The molecular formula is C22H30N4O3. The molecule has 0 radical (unpaired) electrons. The molecule has 1 saturated heterocycles. The van der Waals surface area contributed by atoms with Gasteiger partial charge in [0.1, 0.15) is 11.9 Å². The van der Waals surface area contributed by atoms with Crippen molar-refractivity contribution < 1.29 is 14.3 Å². The topological polar surface area (TPSA) is 87.3 Å². The molecule has 3 rings (SSSR count). The van der Waals surface area contributed by atoms with E-state index >= 15 is 0 Å². The van der Waals surface area contributed by atoms with E-state index in [-0.39, 0.29) is 11.8 Å². The van der Waals surface area contributed by atoms with Gasteiger partial charge in [-0.2, -0.15) is 0 Å². The van der Waals surface area contributed by atoms with Gasteiger partial charge in [-0.3, -0.25) is 4.79 Å². The molecule has 0 saturated carbocycles. The number of alkyl carbamates (subject to hydrolysis) is 1. The molecule has 0 bridgehead atoms. The number of hydrogen-bond donors (Lipinski definition) is 2. The number of ether oxygens (including phenoxy) is 1. The molecule has 7 heteroatoms. The number of benzene rings is 1. The predicted molar refractivity (Wildman–Crippen MR) is 111 cm³/mol. The van der Waals surface area contributed by atoms with Crippen molar-refractivity contribution >= 4 is 12.0 Å². The molecule has 1 aliphatic heterocycles. The van der Waals surface area contributed by atoms with Crippen LogP contribution < -0.4 is 5.32 Å². The van der Waals surface area contributed by atoms with Crippen LogP contribution in [-0.4, -0.2) is 46.6 Å². The number of aryl methyl sites for hydroxylation is 1. The quantitative estimate of drug-likeness (QED) is 0.806. The van der Waals surface area contributed by atoms with E-state index in [1.165, 1.54) is 12.7 Å². The van der Waals surface area contributed by atoms with Crippen LogP contribution in [0.25, 0.3) is 11.3 Å². The molecule has 2 amide bonds. The van der Waals surface area contributed by atoms with E-state index in [0.29, 0.717) is 6.54 Å². The fourth-order valence-corrected chi connectivity index (χ4v) is 3.90. The van der Waals surface area contributed by atoms with E-state index in [9.17, 15) is 9.59 Å². The molecule has 1 aromatic carbocycles. The largest absolute Gasteiger partial charge is 0.453 e. The van der Waals surface area contributed by atoms with Crippen LogP contribution in [0.5, 0.6) is 0 Å². The average Bonchev–Trinajstić information content (AvgIpc) is 3.33. The van der Waals surface area contributed by atoms with E-state index < -0.39 is 17.7 Å².